The van der Waals surface area contributed by atoms with Crippen LogP contribution in [0.25, 0.3) is 11.0 Å². The molecular formula is C29H40N4O9. The summed E-state index contributed by atoms with van der Waals surface area (Å²) in [4.78, 5) is 48.0. The SMILES string of the molecule is CCCCOC(=O)NCCOCCOCCOCCOCC#Cc1ccc2c(c1)n(C)c(=O)n2C1CCC(=O)NC1=O. The molecule has 1 aromatic carbocycles. The number of piperidine rings is 1. The van der Waals surface area contributed by atoms with Crippen LogP contribution in [0.1, 0.15) is 44.2 Å². The molecule has 2 aromatic rings. The quantitative estimate of drug-likeness (QED) is 0.158. The molecule has 1 fully saturated rings. The normalized spacial score (nSPS) is 14.9. The van der Waals surface area contributed by atoms with E-state index in [2.05, 4.69) is 22.5 Å². The minimum atomic E-state index is -0.723. The number of alkyl carbamates (subject to hydrolysis) is 1. The Morgan fingerprint density at radius 1 is 0.976 bits per heavy atom. The molecule has 13 heteroatoms. The van der Waals surface area contributed by atoms with E-state index in [9.17, 15) is 19.2 Å². The zero-order chi connectivity index (χ0) is 30.2. The number of rotatable bonds is 17. The van der Waals surface area contributed by atoms with Crippen molar-refractivity contribution in [3.63, 3.8) is 0 Å². The molecule has 1 aromatic heterocycles. The topological polar surface area (TPSA) is 148 Å². The maximum absolute atomic E-state index is 12.8. The van der Waals surface area contributed by atoms with Crippen molar-refractivity contribution in [3.8, 4) is 11.8 Å². The van der Waals surface area contributed by atoms with Crippen LogP contribution in [0.2, 0.25) is 0 Å². The second-order valence-corrected chi connectivity index (χ2v) is 9.49. The van der Waals surface area contributed by atoms with Gasteiger partial charge in [-0.15, -0.1) is 0 Å². The van der Waals surface area contributed by atoms with E-state index < -0.39 is 18.0 Å². The Labute approximate surface area is 244 Å². The predicted octanol–water partition coefficient (Wildman–Crippen LogP) is 1.26. The summed E-state index contributed by atoms with van der Waals surface area (Å²) in [6, 6.07) is 4.62. The third kappa shape index (κ3) is 10.3. The smallest absolute Gasteiger partial charge is 0.407 e. The van der Waals surface area contributed by atoms with Crippen LogP contribution in [0.15, 0.2) is 23.0 Å². The molecule has 1 aliphatic heterocycles. The molecule has 0 spiro atoms. The van der Waals surface area contributed by atoms with Crippen molar-refractivity contribution in [3.05, 3.63) is 34.2 Å². The van der Waals surface area contributed by atoms with Gasteiger partial charge in [-0.25, -0.2) is 9.59 Å². The zero-order valence-electron chi connectivity index (χ0n) is 24.3. The van der Waals surface area contributed by atoms with Gasteiger partial charge in [0, 0.05) is 25.6 Å². The van der Waals surface area contributed by atoms with Gasteiger partial charge in [-0.05, 0) is 31.0 Å². The first-order valence-electron chi connectivity index (χ1n) is 14.2. The van der Waals surface area contributed by atoms with Gasteiger partial charge in [0.2, 0.25) is 11.8 Å². The molecular weight excluding hydrogens is 548 g/mol. The van der Waals surface area contributed by atoms with Gasteiger partial charge in [0.1, 0.15) is 12.6 Å². The van der Waals surface area contributed by atoms with Gasteiger partial charge in [-0.1, -0.05) is 25.2 Å². The number of imidazole rings is 1. The van der Waals surface area contributed by atoms with Gasteiger partial charge in [-0.3, -0.25) is 24.0 Å². The number of carbonyl (C=O) groups excluding carboxylic acids is 3. The maximum atomic E-state index is 12.8. The molecule has 230 valence electrons. The molecule has 3 rings (SSSR count). The van der Waals surface area contributed by atoms with E-state index in [4.69, 9.17) is 23.7 Å². The second-order valence-electron chi connectivity index (χ2n) is 9.49. The molecule has 42 heavy (non-hydrogen) atoms. The van der Waals surface area contributed by atoms with Crippen molar-refractivity contribution in [2.24, 2.45) is 7.05 Å². The summed E-state index contributed by atoms with van der Waals surface area (Å²) >= 11 is 0. The van der Waals surface area contributed by atoms with Crippen molar-refractivity contribution >= 4 is 28.9 Å². The Morgan fingerprint density at radius 2 is 1.67 bits per heavy atom. The van der Waals surface area contributed by atoms with Crippen LogP contribution < -0.4 is 16.3 Å². The summed E-state index contributed by atoms with van der Waals surface area (Å²) in [5, 5.41) is 4.92. The summed E-state index contributed by atoms with van der Waals surface area (Å²) in [5.41, 5.74) is 1.65. The van der Waals surface area contributed by atoms with Gasteiger partial charge in [-0.2, -0.15) is 0 Å². The van der Waals surface area contributed by atoms with Crippen LogP contribution in [0.4, 0.5) is 4.79 Å². The number of aryl methyl sites for hydroxylation is 1. The van der Waals surface area contributed by atoms with Crippen LogP contribution in [0.3, 0.4) is 0 Å². The number of benzene rings is 1. The van der Waals surface area contributed by atoms with Gasteiger partial charge >= 0.3 is 11.8 Å². The van der Waals surface area contributed by atoms with Crippen LogP contribution >= 0.6 is 0 Å². The monoisotopic (exact) mass is 588 g/mol. The van der Waals surface area contributed by atoms with Crippen molar-refractivity contribution in [2.75, 3.05) is 66.0 Å². The molecule has 3 amide bonds. The van der Waals surface area contributed by atoms with E-state index in [1.807, 2.05) is 6.92 Å². The van der Waals surface area contributed by atoms with Gasteiger partial charge < -0.3 is 29.0 Å². The molecule has 1 unspecified atom stereocenters. The van der Waals surface area contributed by atoms with Gasteiger partial charge in [0.15, 0.2) is 0 Å². The molecule has 0 aliphatic carbocycles. The third-order valence-corrected chi connectivity index (χ3v) is 6.38. The second kappa shape index (κ2) is 18.0. The highest BCUT2D eigenvalue weighted by Gasteiger charge is 2.31. The molecule has 1 atom stereocenters. The van der Waals surface area contributed by atoms with Gasteiger partial charge in [0.25, 0.3) is 0 Å². The van der Waals surface area contributed by atoms with Crippen LogP contribution in [0.5, 0.6) is 0 Å². The van der Waals surface area contributed by atoms with Crippen molar-refractivity contribution < 1.29 is 38.1 Å². The first-order valence-corrected chi connectivity index (χ1v) is 14.2. The Bertz CT molecular complexity index is 1310. The van der Waals surface area contributed by atoms with Gasteiger partial charge in [0.05, 0.1) is 63.9 Å². The molecule has 0 saturated carbocycles. The lowest BCUT2D eigenvalue weighted by atomic mass is 10.1. The van der Waals surface area contributed by atoms with E-state index in [0.717, 1.165) is 12.8 Å². The lowest BCUT2D eigenvalue weighted by Crippen LogP contribution is -2.44. The van der Waals surface area contributed by atoms with Crippen LogP contribution in [-0.4, -0.2) is 93.0 Å². The number of hydrogen-bond donors (Lipinski definition) is 2. The number of nitrogens with one attached hydrogen (secondary N) is 2. The van der Waals surface area contributed by atoms with E-state index in [1.165, 1.54) is 9.13 Å². The predicted molar refractivity (Wildman–Crippen MR) is 153 cm³/mol. The molecule has 0 radical (unpaired) electrons. The first kappa shape index (κ1) is 32.8. The van der Waals surface area contributed by atoms with Crippen LogP contribution in [-0.2, 0) is 40.3 Å². The maximum Gasteiger partial charge on any atom is 0.407 e. The zero-order valence-corrected chi connectivity index (χ0v) is 24.3. The third-order valence-electron chi connectivity index (χ3n) is 6.38. The Balaban J connectivity index is 1.24. The number of hydrogen-bond acceptors (Lipinski definition) is 9. The average molecular weight is 589 g/mol. The lowest BCUT2D eigenvalue weighted by Gasteiger charge is -2.21. The minimum absolute atomic E-state index is 0.192. The Morgan fingerprint density at radius 3 is 2.36 bits per heavy atom. The summed E-state index contributed by atoms with van der Waals surface area (Å²) in [6.07, 6.45) is 1.88. The summed E-state index contributed by atoms with van der Waals surface area (Å²) < 4.78 is 29.7. The van der Waals surface area contributed by atoms with Crippen LogP contribution in [0, 0.1) is 11.8 Å². The number of amides is 3. The minimum Gasteiger partial charge on any atom is -0.450 e. The molecule has 1 saturated heterocycles. The molecule has 2 N–H and O–H groups in total. The fourth-order valence-corrected chi connectivity index (χ4v) is 4.18. The molecule has 13 nitrogen and oxygen atoms in total. The molecule has 1 aliphatic rings. The fraction of sp³-hybridized carbons (Fsp3) is 0.586. The lowest BCUT2D eigenvalue weighted by molar-refractivity contribution is -0.135. The Hall–Kier alpha value is -3.70. The fourth-order valence-electron chi connectivity index (χ4n) is 4.18. The number of nitrogens with zero attached hydrogens (tertiary/aromatic N) is 2. The van der Waals surface area contributed by atoms with Crippen molar-refractivity contribution in [1.82, 2.24) is 19.8 Å². The van der Waals surface area contributed by atoms with E-state index in [-0.39, 0.29) is 31.0 Å². The number of carbonyl (C=O) groups is 3. The number of unbranched alkanes of at least 4 members (excludes halogenated alkanes) is 1. The number of aromatic nitrogens is 2. The first-order chi connectivity index (χ1) is 20.4. The van der Waals surface area contributed by atoms with E-state index in [0.29, 0.717) is 76.0 Å². The van der Waals surface area contributed by atoms with E-state index >= 15 is 0 Å². The molecule has 2 heterocycles. The van der Waals surface area contributed by atoms with E-state index in [1.54, 1.807) is 25.2 Å². The molecule has 0 bridgehead atoms. The number of imide groups is 1. The Kier molecular flexibility index (Phi) is 14.0. The summed E-state index contributed by atoms with van der Waals surface area (Å²) in [5.74, 6) is 5.18. The summed E-state index contributed by atoms with van der Waals surface area (Å²) in [7, 11) is 1.64. The summed E-state index contributed by atoms with van der Waals surface area (Å²) in [6.45, 7) is 5.94. The number of fused-ring (bicyclic) bond motifs is 1. The largest absolute Gasteiger partial charge is 0.450 e. The highest BCUT2D eigenvalue weighted by Crippen LogP contribution is 2.23. The standard InChI is InChI=1S/C29H40N4O9/c1-3-4-13-42-28(36)30-11-14-39-16-18-41-20-19-40-17-15-38-12-5-6-22-7-8-23-25(21-22)32(2)29(37)33(23)24-9-10-26(34)31-27(24)35/h7-8,21,24H,3-4,9-20H2,1-2H3,(H,30,36)(H,31,34,35). The average Bonchev–Trinajstić information content (AvgIpc) is 3.22. The van der Waals surface area contributed by atoms with Crippen molar-refractivity contribution in [1.29, 1.82) is 0 Å². The highest BCUT2D eigenvalue weighted by atomic mass is 16.6. The highest BCUT2D eigenvalue weighted by molar-refractivity contribution is 6.00. The number of ether oxygens (including phenoxy) is 5. The van der Waals surface area contributed by atoms with Crippen molar-refractivity contribution in [2.45, 2.75) is 38.6 Å².